The minimum Gasteiger partial charge on any atom is -0.480 e. The van der Waals surface area contributed by atoms with Gasteiger partial charge in [-0.3, -0.25) is 4.79 Å². The summed E-state index contributed by atoms with van der Waals surface area (Å²) in [7, 11) is 0. The van der Waals surface area contributed by atoms with E-state index < -0.39 is 5.97 Å². The summed E-state index contributed by atoms with van der Waals surface area (Å²) in [5.41, 5.74) is 2.36. The maximum Gasteiger partial charge on any atom is 0.317 e. The zero-order valence-electron chi connectivity index (χ0n) is 9.16. The third-order valence-electron chi connectivity index (χ3n) is 2.39. The first-order valence-corrected chi connectivity index (χ1v) is 5.15. The summed E-state index contributed by atoms with van der Waals surface area (Å²) in [5, 5.41) is 11.6. The molecule has 15 heavy (non-hydrogen) atoms. The maximum absolute atomic E-state index is 10.4. The fraction of sp³-hybridized carbons (Fsp3) is 0.417. The Bertz CT molecular complexity index is 319. The molecule has 0 aliphatic heterocycles. The molecule has 0 spiro atoms. The van der Waals surface area contributed by atoms with Gasteiger partial charge in [-0.25, -0.2) is 0 Å². The highest BCUT2D eigenvalue weighted by molar-refractivity contribution is 5.69. The van der Waals surface area contributed by atoms with Gasteiger partial charge in [-0.15, -0.1) is 0 Å². The van der Waals surface area contributed by atoms with E-state index in [1.165, 1.54) is 5.56 Å². The quantitative estimate of drug-likeness (QED) is 0.777. The average molecular weight is 207 g/mol. The second-order valence-corrected chi connectivity index (χ2v) is 3.65. The van der Waals surface area contributed by atoms with Gasteiger partial charge in [0.05, 0.1) is 6.54 Å². The minimum atomic E-state index is -0.819. The van der Waals surface area contributed by atoms with Gasteiger partial charge in [0.1, 0.15) is 0 Å². The third-order valence-corrected chi connectivity index (χ3v) is 2.39. The molecule has 0 radical (unpaired) electrons. The van der Waals surface area contributed by atoms with Crippen molar-refractivity contribution in [3.8, 4) is 0 Å². The van der Waals surface area contributed by atoms with Gasteiger partial charge in [0.15, 0.2) is 0 Å². The molecule has 3 nitrogen and oxygen atoms in total. The second kappa shape index (κ2) is 5.51. The van der Waals surface area contributed by atoms with Crippen LogP contribution in [-0.4, -0.2) is 17.6 Å². The standard InChI is InChI=1S/C12H17NO2/c1-3-11(13-8-12(14)15)10-6-4-9(2)5-7-10/h4-7,11,13H,3,8H2,1-2H3,(H,14,15). The number of benzene rings is 1. The molecule has 0 saturated carbocycles. The molecule has 1 rings (SSSR count). The first-order chi connectivity index (χ1) is 7.13. The lowest BCUT2D eigenvalue weighted by molar-refractivity contribution is -0.136. The molecule has 0 bridgehead atoms. The summed E-state index contributed by atoms with van der Waals surface area (Å²) in [6, 6.07) is 8.29. The molecule has 0 saturated heterocycles. The van der Waals surface area contributed by atoms with Crippen LogP contribution >= 0.6 is 0 Å². The molecule has 1 unspecified atom stereocenters. The molecular formula is C12H17NO2. The maximum atomic E-state index is 10.4. The van der Waals surface area contributed by atoms with Crippen LogP contribution in [0.1, 0.15) is 30.5 Å². The minimum absolute atomic E-state index is 0.00633. The van der Waals surface area contributed by atoms with E-state index in [1.54, 1.807) is 0 Å². The van der Waals surface area contributed by atoms with Gasteiger partial charge in [0.25, 0.3) is 0 Å². The van der Waals surface area contributed by atoms with Gasteiger partial charge in [-0.1, -0.05) is 36.8 Å². The molecule has 0 fully saturated rings. The number of aliphatic carboxylic acids is 1. The summed E-state index contributed by atoms with van der Waals surface area (Å²) in [6.45, 7) is 4.08. The number of aryl methyl sites for hydroxylation is 1. The van der Waals surface area contributed by atoms with Crippen molar-refractivity contribution in [1.82, 2.24) is 5.32 Å². The zero-order chi connectivity index (χ0) is 11.3. The van der Waals surface area contributed by atoms with Crippen molar-refractivity contribution in [2.24, 2.45) is 0 Å². The molecule has 0 aliphatic carbocycles. The average Bonchev–Trinajstić information content (AvgIpc) is 2.21. The highest BCUT2D eigenvalue weighted by Gasteiger charge is 2.09. The number of nitrogens with one attached hydrogen (secondary N) is 1. The Morgan fingerprint density at radius 2 is 2.00 bits per heavy atom. The highest BCUT2D eigenvalue weighted by atomic mass is 16.4. The van der Waals surface area contributed by atoms with Crippen LogP contribution in [-0.2, 0) is 4.79 Å². The normalized spacial score (nSPS) is 12.4. The lowest BCUT2D eigenvalue weighted by Gasteiger charge is -2.16. The molecule has 82 valence electrons. The Labute approximate surface area is 90.1 Å². The molecular weight excluding hydrogens is 190 g/mol. The number of hydrogen-bond donors (Lipinski definition) is 2. The smallest absolute Gasteiger partial charge is 0.317 e. The predicted molar refractivity (Wildman–Crippen MR) is 59.8 cm³/mol. The van der Waals surface area contributed by atoms with E-state index in [1.807, 2.05) is 38.1 Å². The van der Waals surface area contributed by atoms with E-state index in [2.05, 4.69) is 5.32 Å². The monoisotopic (exact) mass is 207 g/mol. The highest BCUT2D eigenvalue weighted by Crippen LogP contribution is 2.16. The summed E-state index contributed by atoms with van der Waals surface area (Å²) in [4.78, 5) is 10.4. The Morgan fingerprint density at radius 3 is 2.47 bits per heavy atom. The van der Waals surface area contributed by atoms with E-state index in [9.17, 15) is 4.79 Å². The fourth-order valence-corrected chi connectivity index (χ4v) is 1.51. The van der Waals surface area contributed by atoms with Gasteiger partial charge >= 0.3 is 5.97 Å². The lowest BCUT2D eigenvalue weighted by Crippen LogP contribution is -2.26. The van der Waals surface area contributed by atoms with Crippen molar-refractivity contribution < 1.29 is 9.90 Å². The van der Waals surface area contributed by atoms with Crippen molar-refractivity contribution in [3.63, 3.8) is 0 Å². The van der Waals surface area contributed by atoms with Crippen molar-refractivity contribution >= 4 is 5.97 Å². The Hall–Kier alpha value is -1.35. The predicted octanol–water partition coefficient (Wildman–Crippen LogP) is 2.12. The molecule has 1 aromatic carbocycles. The summed E-state index contributed by atoms with van der Waals surface area (Å²) >= 11 is 0. The van der Waals surface area contributed by atoms with Gasteiger partial charge in [-0.05, 0) is 18.9 Å². The van der Waals surface area contributed by atoms with E-state index in [-0.39, 0.29) is 12.6 Å². The summed E-state index contributed by atoms with van der Waals surface area (Å²) < 4.78 is 0. The summed E-state index contributed by atoms with van der Waals surface area (Å²) in [6.07, 6.45) is 0.885. The Kier molecular flexibility index (Phi) is 4.31. The summed E-state index contributed by atoms with van der Waals surface area (Å²) in [5.74, 6) is -0.819. The first-order valence-electron chi connectivity index (χ1n) is 5.15. The lowest BCUT2D eigenvalue weighted by atomic mass is 10.0. The number of carboxylic acid groups (broad SMARTS) is 1. The topological polar surface area (TPSA) is 49.3 Å². The zero-order valence-corrected chi connectivity index (χ0v) is 9.16. The van der Waals surface area contributed by atoms with Crippen LogP contribution in [0.15, 0.2) is 24.3 Å². The van der Waals surface area contributed by atoms with Crippen molar-refractivity contribution in [2.45, 2.75) is 26.3 Å². The van der Waals surface area contributed by atoms with Gasteiger partial charge in [0.2, 0.25) is 0 Å². The second-order valence-electron chi connectivity index (χ2n) is 3.65. The van der Waals surface area contributed by atoms with Crippen LogP contribution in [0.4, 0.5) is 0 Å². The van der Waals surface area contributed by atoms with Gasteiger partial charge in [-0.2, -0.15) is 0 Å². The molecule has 0 heterocycles. The van der Waals surface area contributed by atoms with E-state index in [4.69, 9.17) is 5.11 Å². The van der Waals surface area contributed by atoms with E-state index in [0.717, 1.165) is 12.0 Å². The van der Waals surface area contributed by atoms with E-state index in [0.29, 0.717) is 0 Å². The number of carboxylic acids is 1. The van der Waals surface area contributed by atoms with Crippen molar-refractivity contribution in [1.29, 1.82) is 0 Å². The van der Waals surface area contributed by atoms with Crippen molar-refractivity contribution in [2.75, 3.05) is 6.54 Å². The van der Waals surface area contributed by atoms with E-state index >= 15 is 0 Å². The number of carbonyl (C=O) groups is 1. The van der Waals surface area contributed by atoms with Crippen LogP contribution in [0, 0.1) is 6.92 Å². The molecule has 0 aromatic heterocycles. The molecule has 1 aromatic rings. The molecule has 3 heteroatoms. The first kappa shape index (κ1) is 11.7. The molecule has 1 atom stereocenters. The fourth-order valence-electron chi connectivity index (χ4n) is 1.51. The largest absolute Gasteiger partial charge is 0.480 e. The van der Waals surface area contributed by atoms with Crippen molar-refractivity contribution in [3.05, 3.63) is 35.4 Å². The number of hydrogen-bond acceptors (Lipinski definition) is 2. The molecule has 2 N–H and O–H groups in total. The molecule has 0 aliphatic rings. The number of rotatable bonds is 5. The van der Waals surface area contributed by atoms with Crippen LogP contribution < -0.4 is 5.32 Å². The van der Waals surface area contributed by atoms with Crippen LogP contribution in [0.2, 0.25) is 0 Å². The van der Waals surface area contributed by atoms with Gasteiger partial charge in [0, 0.05) is 6.04 Å². The SMILES string of the molecule is CCC(NCC(=O)O)c1ccc(C)cc1. The van der Waals surface area contributed by atoms with Gasteiger partial charge < -0.3 is 10.4 Å². The van der Waals surface area contributed by atoms with Crippen LogP contribution in [0.3, 0.4) is 0 Å². The Morgan fingerprint density at radius 1 is 1.40 bits per heavy atom. The van der Waals surface area contributed by atoms with Crippen LogP contribution in [0.25, 0.3) is 0 Å². The van der Waals surface area contributed by atoms with Crippen LogP contribution in [0.5, 0.6) is 0 Å². The third kappa shape index (κ3) is 3.72. The Balaban J connectivity index is 2.65. The molecule has 0 amide bonds.